The fraction of sp³-hybridized carbons (Fsp3) is 0.243. The molecule has 0 bridgehead atoms. The first-order chi connectivity index (χ1) is 55.2. The van der Waals surface area contributed by atoms with Gasteiger partial charge in [-0.05, 0) is 232 Å². The molecular weight excluding hydrogens is 1570 g/mol. The van der Waals surface area contributed by atoms with Gasteiger partial charge in [0, 0.05) is 72.1 Å². The van der Waals surface area contributed by atoms with E-state index in [9.17, 15) is 4.79 Å². The SMILES string of the molecule is C=CCc1cc(C)c(N=C2C(=Nc3c(C)cc(CC=C)cc3C)c3cccc4cccc2c34)c(C)c1.CC(=O)C=C(C)O.Cc1cc(C)c(N=C2C(=Nc3c(C)cc(C)cc3C)c3cccc4cccc2c34)c(C)c1.Cc1cc(C)c(N=C2C(=Nc3c(C)cc(C)cc3C)c3cccc4cccc2c34)c(C)c1.[CH2-][Si](C)(C)C.[CH2-][Si](C)(C)C.[Ni+2].[Ni]. The molecule has 616 valence electrons. The Balaban J connectivity index is 0.000000201. The number of aryl methyl sites for hydroxylation is 16. The maximum Gasteiger partial charge on any atom is 2.00 e. The topological polar surface area (TPSA) is 111 Å². The molecular formula is C107H118N6Ni2O2Si2. The van der Waals surface area contributed by atoms with E-state index in [2.05, 4.69) is 358 Å². The summed E-state index contributed by atoms with van der Waals surface area (Å²) < 4.78 is 0. The van der Waals surface area contributed by atoms with Crippen molar-refractivity contribution in [3.8, 4) is 0 Å². The molecule has 12 aromatic carbocycles. The van der Waals surface area contributed by atoms with Crippen LogP contribution in [0.2, 0.25) is 39.3 Å². The van der Waals surface area contributed by atoms with E-state index in [4.69, 9.17) is 35.1 Å². The van der Waals surface area contributed by atoms with Crippen molar-refractivity contribution in [3.05, 3.63) is 366 Å². The zero-order valence-electron chi connectivity index (χ0n) is 74.5. The molecule has 0 amide bonds. The summed E-state index contributed by atoms with van der Waals surface area (Å²) in [6.07, 6.45) is 6.78. The Labute approximate surface area is 732 Å². The van der Waals surface area contributed by atoms with Gasteiger partial charge in [-0.3, -0.25) is 4.79 Å². The molecule has 0 radical (unpaired) electrons. The maximum atomic E-state index is 10.0. The summed E-state index contributed by atoms with van der Waals surface area (Å²) in [6.45, 7) is 66.0. The molecule has 0 atom stereocenters. The van der Waals surface area contributed by atoms with Gasteiger partial charge in [-0.25, -0.2) is 30.0 Å². The number of rotatable bonds is 11. The summed E-state index contributed by atoms with van der Waals surface area (Å²) in [7, 11) is -1.72. The smallest absolute Gasteiger partial charge is 0.512 e. The zero-order valence-corrected chi connectivity index (χ0v) is 78.4. The van der Waals surface area contributed by atoms with Crippen molar-refractivity contribution in [2.45, 2.75) is 177 Å². The van der Waals surface area contributed by atoms with Crippen molar-refractivity contribution < 1.29 is 42.9 Å². The van der Waals surface area contributed by atoms with Crippen LogP contribution in [0.3, 0.4) is 0 Å². The predicted molar refractivity (Wildman–Crippen MR) is 516 cm³/mol. The maximum absolute atomic E-state index is 10.0. The van der Waals surface area contributed by atoms with Crippen molar-refractivity contribution in [2.24, 2.45) is 30.0 Å². The van der Waals surface area contributed by atoms with Crippen molar-refractivity contribution in [1.82, 2.24) is 0 Å². The Morgan fingerprint density at radius 2 is 0.487 bits per heavy atom. The number of nitrogens with zero attached hydrogens (tertiary/aromatic N) is 6. The summed E-state index contributed by atoms with van der Waals surface area (Å²) in [4.78, 5) is 41.8. The average Bonchev–Trinajstić information content (AvgIpc) is 1.60. The number of aliphatic hydroxyl groups excluding tert-OH is 1. The number of allylic oxidation sites excluding steroid dienone is 4. The van der Waals surface area contributed by atoms with Crippen LogP contribution in [0.15, 0.2) is 249 Å². The number of aliphatic imine (C=N–C) groups is 6. The third-order valence-corrected chi connectivity index (χ3v) is 20.1. The third-order valence-electron chi connectivity index (χ3n) is 20.1. The Bertz CT molecular complexity index is 5440. The normalized spacial score (nSPS) is 14.4. The summed E-state index contributed by atoms with van der Waals surface area (Å²) in [6, 6.07) is 65.4. The standard InChI is InChI=1S/C34H32N2.2C30H28N2.C5H8O2.2C4H11Si.2Ni/c1-7-11-25-17-21(3)31(22(4)18-25)35-33-28-15-9-13-27-14-10-16-29(30(27)28)34(33)36-32-23(5)19-26(12-8-2)20-24(32)6;2*1-17-13-19(3)27(20(4)14-17)31-29-24-11-7-9-23-10-8-12-25(26(23)24)30(29)32-28-21(5)15-18(2)16-22(28)6;1-4(6)3-5(2)7;2*1-5(2,3)4;;/h7-10,13-20H,1-2,11-12H2,3-6H3;2*7-16H,1-6H3;3,6H,1-2H3;2*1H2,2-4H3;;/q;;;;2*-1;;+2. The van der Waals surface area contributed by atoms with Gasteiger partial charge >= 0.3 is 16.5 Å². The van der Waals surface area contributed by atoms with E-state index in [1.54, 1.807) is 0 Å². The molecule has 0 aromatic heterocycles. The van der Waals surface area contributed by atoms with E-state index in [-0.39, 0.29) is 44.5 Å². The van der Waals surface area contributed by atoms with Gasteiger partial charge < -0.3 is 18.2 Å². The van der Waals surface area contributed by atoms with Crippen molar-refractivity contribution in [1.29, 1.82) is 0 Å². The summed E-state index contributed by atoms with van der Waals surface area (Å²) in [5, 5.41) is 15.8. The molecule has 0 saturated heterocycles. The van der Waals surface area contributed by atoms with Crippen molar-refractivity contribution in [2.75, 3.05) is 0 Å². The Kier molecular flexibility index (Phi) is 31.7. The summed E-state index contributed by atoms with van der Waals surface area (Å²) >= 11 is 0. The average molecular weight is 1690 g/mol. The molecule has 0 saturated carbocycles. The van der Waals surface area contributed by atoms with Crippen LogP contribution in [-0.4, -0.2) is 61.3 Å². The van der Waals surface area contributed by atoms with E-state index >= 15 is 0 Å². The second kappa shape index (κ2) is 40.1. The van der Waals surface area contributed by atoms with E-state index in [0.29, 0.717) is 0 Å². The molecule has 119 heavy (non-hydrogen) atoms. The van der Waals surface area contributed by atoms with E-state index in [1.807, 2.05) is 12.2 Å². The number of benzene rings is 12. The van der Waals surface area contributed by atoms with Gasteiger partial charge in [-0.1, -0.05) is 256 Å². The van der Waals surface area contributed by atoms with Gasteiger partial charge in [0.2, 0.25) is 0 Å². The van der Waals surface area contributed by atoms with Crippen LogP contribution < -0.4 is 0 Å². The molecule has 0 heterocycles. The third kappa shape index (κ3) is 23.1. The van der Waals surface area contributed by atoms with Crippen LogP contribution in [0.1, 0.15) is 147 Å². The first-order valence-electron chi connectivity index (χ1n) is 40.6. The van der Waals surface area contributed by atoms with Crippen molar-refractivity contribution >= 4 is 123 Å². The van der Waals surface area contributed by atoms with Crippen LogP contribution in [0.4, 0.5) is 34.1 Å². The minimum Gasteiger partial charge on any atom is -0.512 e. The first-order valence-corrected chi connectivity index (χ1v) is 48.0. The molecule has 1 N–H and O–H groups in total. The van der Waals surface area contributed by atoms with E-state index < -0.39 is 16.1 Å². The quantitative estimate of drug-likeness (QED) is 0.0457. The minimum absolute atomic E-state index is 0. The van der Waals surface area contributed by atoms with Gasteiger partial charge in [-0.15, -0.1) is 29.3 Å². The number of hydrogen-bond acceptors (Lipinski definition) is 8. The predicted octanol–water partition coefficient (Wildman–Crippen LogP) is 29.1. The van der Waals surface area contributed by atoms with Gasteiger partial charge in [0.25, 0.3) is 0 Å². The minimum atomic E-state index is -0.861. The largest absolute Gasteiger partial charge is 2.00 e. The zero-order chi connectivity index (χ0) is 85.4. The number of ketones is 1. The van der Waals surface area contributed by atoms with Crippen molar-refractivity contribution in [3.63, 3.8) is 0 Å². The number of carbonyl (C=O) groups is 1. The Hall–Kier alpha value is -10.4. The van der Waals surface area contributed by atoms with Crippen LogP contribution in [-0.2, 0) is 50.6 Å². The molecule has 8 nitrogen and oxygen atoms in total. The van der Waals surface area contributed by atoms with Crippen LogP contribution >= 0.6 is 0 Å². The molecule has 0 aliphatic heterocycles. The van der Waals surface area contributed by atoms with E-state index in [1.165, 1.54) is 175 Å². The molecule has 12 heteroatoms. The summed E-state index contributed by atoms with van der Waals surface area (Å²) in [5.74, 6) is -0.0625. The second-order valence-corrected chi connectivity index (χ2v) is 44.8. The van der Waals surface area contributed by atoms with E-state index in [0.717, 1.165) is 92.4 Å². The fourth-order valence-electron chi connectivity index (χ4n) is 16.0. The molecule has 0 spiro atoms. The van der Waals surface area contributed by atoms with Crippen LogP contribution in [0.25, 0.3) is 32.3 Å². The molecule has 0 fully saturated rings. The molecule has 3 aliphatic rings. The Morgan fingerprint density at radius 3 is 0.622 bits per heavy atom. The Morgan fingerprint density at radius 1 is 0.328 bits per heavy atom. The van der Waals surface area contributed by atoms with Crippen LogP contribution in [0, 0.1) is 124 Å². The molecule has 15 rings (SSSR count). The monoisotopic (exact) mass is 1690 g/mol. The number of hydrogen-bond donors (Lipinski definition) is 1. The second-order valence-electron chi connectivity index (χ2n) is 34.5. The van der Waals surface area contributed by atoms with Gasteiger partial charge in [0.15, 0.2) is 5.78 Å². The fourth-order valence-corrected chi connectivity index (χ4v) is 16.0. The van der Waals surface area contributed by atoms with Gasteiger partial charge in [0.1, 0.15) is 0 Å². The van der Waals surface area contributed by atoms with Gasteiger partial charge in [-0.2, -0.15) is 0 Å². The summed E-state index contributed by atoms with van der Waals surface area (Å²) in [5.41, 5.74) is 40.7. The molecule has 3 aliphatic carbocycles. The molecule has 0 unspecified atom stereocenters. The van der Waals surface area contributed by atoms with Crippen LogP contribution in [0.5, 0.6) is 0 Å². The number of aliphatic hydroxyl groups is 1. The first kappa shape index (κ1) is 94.0. The molecule has 12 aromatic rings. The van der Waals surface area contributed by atoms with Gasteiger partial charge in [0.05, 0.1) is 74.2 Å². The number of carbonyl (C=O) groups excluding carboxylic acids is 1.